The Morgan fingerprint density at radius 1 is 1.33 bits per heavy atom. The third-order valence-corrected chi connectivity index (χ3v) is 3.88. The van der Waals surface area contributed by atoms with Crippen molar-refractivity contribution in [3.8, 4) is 0 Å². The third kappa shape index (κ3) is 4.77. The van der Waals surface area contributed by atoms with Gasteiger partial charge in [0, 0.05) is 30.9 Å². The van der Waals surface area contributed by atoms with Crippen LogP contribution in [0.2, 0.25) is 0 Å². The van der Waals surface area contributed by atoms with E-state index in [4.69, 9.17) is 0 Å². The van der Waals surface area contributed by atoms with Crippen molar-refractivity contribution in [3.05, 3.63) is 18.2 Å². The van der Waals surface area contributed by atoms with Gasteiger partial charge in [0.1, 0.15) is 0 Å². The Kier molecular flexibility index (Phi) is 5.59. The number of H-pyrrole nitrogens is 1. The number of amides is 2. The summed E-state index contributed by atoms with van der Waals surface area (Å²) in [4.78, 5) is 30.0. The number of nitrogens with one attached hydrogen (secondary N) is 3. The number of hydrogen-bond acceptors (Lipinski definition) is 3. The van der Waals surface area contributed by atoms with E-state index in [0.29, 0.717) is 19.4 Å². The van der Waals surface area contributed by atoms with Crippen LogP contribution in [-0.2, 0) is 11.2 Å². The zero-order chi connectivity index (χ0) is 15.1. The standard InChI is InChI=1S/C14H22N4O3/c19-13(20)11-4-2-1-3-5-12(11)18-14(21)16-7-6-10-8-15-9-17-10/h8-9,11-12H,1-7H2,(H,15,17)(H,19,20)(H2,16,18,21). The van der Waals surface area contributed by atoms with Crippen LogP contribution in [0.5, 0.6) is 0 Å². The predicted octanol–water partition coefficient (Wildman–Crippen LogP) is 1.28. The molecule has 0 saturated heterocycles. The fraction of sp³-hybridized carbons (Fsp3) is 0.643. The van der Waals surface area contributed by atoms with Crippen LogP contribution in [0.1, 0.15) is 37.8 Å². The van der Waals surface area contributed by atoms with E-state index in [-0.39, 0.29) is 12.1 Å². The lowest BCUT2D eigenvalue weighted by Crippen LogP contribution is -2.47. The van der Waals surface area contributed by atoms with E-state index in [0.717, 1.165) is 31.4 Å². The van der Waals surface area contributed by atoms with Crippen molar-refractivity contribution >= 4 is 12.0 Å². The lowest BCUT2D eigenvalue weighted by Gasteiger charge is -2.23. The number of carbonyl (C=O) groups excluding carboxylic acids is 1. The summed E-state index contributed by atoms with van der Waals surface area (Å²) < 4.78 is 0. The molecule has 1 heterocycles. The highest BCUT2D eigenvalue weighted by atomic mass is 16.4. The van der Waals surface area contributed by atoms with Crippen molar-refractivity contribution in [2.45, 2.75) is 44.6 Å². The molecule has 7 nitrogen and oxygen atoms in total. The summed E-state index contributed by atoms with van der Waals surface area (Å²) in [5, 5.41) is 14.8. The second-order valence-electron chi connectivity index (χ2n) is 5.42. The van der Waals surface area contributed by atoms with Crippen LogP contribution in [0.4, 0.5) is 4.79 Å². The van der Waals surface area contributed by atoms with Crippen LogP contribution in [0, 0.1) is 5.92 Å². The molecule has 21 heavy (non-hydrogen) atoms. The van der Waals surface area contributed by atoms with Gasteiger partial charge >= 0.3 is 12.0 Å². The highest BCUT2D eigenvalue weighted by molar-refractivity contribution is 5.76. The summed E-state index contributed by atoms with van der Waals surface area (Å²) in [6, 6.07) is -0.579. The van der Waals surface area contributed by atoms with E-state index < -0.39 is 11.9 Å². The molecule has 2 atom stereocenters. The molecule has 2 amide bonds. The Morgan fingerprint density at radius 3 is 2.86 bits per heavy atom. The molecule has 0 spiro atoms. The largest absolute Gasteiger partial charge is 0.481 e. The van der Waals surface area contributed by atoms with Crippen molar-refractivity contribution < 1.29 is 14.7 Å². The molecule has 2 unspecified atom stereocenters. The first-order chi connectivity index (χ1) is 10.2. The van der Waals surface area contributed by atoms with Crippen molar-refractivity contribution in [2.75, 3.05) is 6.54 Å². The molecule has 0 aliphatic heterocycles. The molecular weight excluding hydrogens is 272 g/mol. The van der Waals surface area contributed by atoms with Gasteiger partial charge in [-0.05, 0) is 12.8 Å². The minimum Gasteiger partial charge on any atom is -0.481 e. The molecule has 1 aromatic rings. The molecule has 0 radical (unpaired) electrons. The van der Waals surface area contributed by atoms with Crippen LogP contribution >= 0.6 is 0 Å². The first-order valence-corrected chi connectivity index (χ1v) is 7.41. The zero-order valence-electron chi connectivity index (χ0n) is 12.0. The number of carboxylic acid groups (broad SMARTS) is 1. The van der Waals surface area contributed by atoms with Crippen LogP contribution in [0.25, 0.3) is 0 Å². The third-order valence-electron chi connectivity index (χ3n) is 3.88. The van der Waals surface area contributed by atoms with Gasteiger partial charge in [0.25, 0.3) is 0 Å². The number of aliphatic carboxylic acids is 1. The minimum absolute atomic E-state index is 0.280. The molecule has 1 saturated carbocycles. The van der Waals surface area contributed by atoms with Crippen molar-refractivity contribution in [1.82, 2.24) is 20.6 Å². The molecule has 0 aromatic carbocycles. The molecule has 1 aliphatic carbocycles. The average Bonchev–Trinajstić information content (AvgIpc) is 2.84. The molecule has 4 N–H and O–H groups in total. The Morgan fingerprint density at radius 2 is 2.14 bits per heavy atom. The second-order valence-corrected chi connectivity index (χ2v) is 5.42. The second kappa shape index (κ2) is 7.66. The van der Waals surface area contributed by atoms with Gasteiger partial charge in [-0.2, -0.15) is 0 Å². The van der Waals surface area contributed by atoms with E-state index in [1.807, 2.05) is 0 Å². The number of rotatable bonds is 5. The summed E-state index contributed by atoms with van der Waals surface area (Å²) in [6.07, 6.45) is 8.24. The Balaban J connectivity index is 1.77. The Hall–Kier alpha value is -2.05. The molecule has 1 aliphatic rings. The molecule has 2 rings (SSSR count). The number of aromatic nitrogens is 2. The highest BCUT2D eigenvalue weighted by Gasteiger charge is 2.30. The highest BCUT2D eigenvalue weighted by Crippen LogP contribution is 2.23. The monoisotopic (exact) mass is 294 g/mol. The van der Waals surface area contributed by atoms with Gasteiger partial charge in [0.15, 0.2) is 0 Å². The first kappa shape index (κ1) is 15.3. The van der Waals surface area contributed by atoms with Crippen molar-refractivity contribution in [1.29, 1.82) is 0 Å². The maximum atomic E-state index is 11.9. The lowest BCUT2D eigenvalue weighted by atomic mass is 9.95. The number of nitrogens with zero attached hydrogens (tertiary/aromatic N) is 1. The fourth-order valence-corrected chi connectivity index (χ4v) is 2.73. The van der Waals surface area contributed by atoms with E-state index in [1.165, 1.54) is 0 Å². The van der Waals surface area contributed by atoms with Crippen LogP contribution in [-0.4, -0.2) is 39.7 Å². The summed E-state index contributed by atoms with van der Waals surface area (Å²) in [7, 11) is 0. The van der Waals surface area contributed by atoms with Gasteiger partial charge in [-0.1, -0.05) is 19.3 Å². The number of hydrogen-bond donors (Lipinski definition) is 4. The van der Waals surface area contributed by atoms with Crippen LogP contribution in [0.15, 0.2) is 12.5 Å². The minimum atomic E-state index is -0.820. The van der Waals surface area contributed by atoms with Gasteiger partial charge in [-0.25, -0.2) is 9.78 Å². The molecule has 7 heteroatoms. The van der Waals surface area contributed by atoms with E-state index in [2.05, 4.69) is 20.6 Å². The summed E-state index contributed by atoms with van der Waals surface area (Å²) in [5.41, 5.74) is 0.952. The van der Waals surface area contributed by atoms with Crippen molar-refractivity contribution in [3.63, 3.8) is 0 Å². The van der Waals surface area contributed by atoms with Gasteiger partial charge in [0.2, 0.25) is 0 Å². The van der Waals surface area contributed by atoms with E-state index in [9.17, 15) is 14.7 Å². The fourth-order valence-electron chi connectivity index (χ4n) is 2.73. The van der Waals surface area contributed by atoms with E-state index in [1.54, 1.807) is 12.5 Å². The Bertz CT molecular complexity index is 461. The van der Waals surface area contributed by atoms with Gasteiger partial charge in [-0.15, -0.1) is 0 Å². The molecule has 1 fully saturated rings. The number of carbonyl (C=O) groups is 2. The van der Waals surface area contributed by atoms with Gasteiger partial charge in [-0.3, -0.25) is 4.79 Å². The molecule has 0 bridgehead atoms. The number of imidazole rings is 1. The van der Waals surface area contributed by atoms with Crippen molar-refractivity contribution in [2.24, 2.45) is 5.92 Å². The quantitative estimate of drug-likeness (QED) is 0.614. The Labute approximate surface area is 123 Å². The smallest absolute Gasteiger partial charge is 0.315 e. The maximum Gasteiger partial charge on any atom is 0.315 e. The number of aromatic amines is 1. The number of urea groups is 1. The average molecular weight is 294 g/mol. The summed E-state index contributed by atoms with van der Waals surface area (Å²) >= 11 is 0. The van der Waals surface area contributed by atoms with Crippen LogP contribution < -0.4 is 10.6 Å². The molecular formula is C14H22N4O3. The molecule has 1 aromatic heterocycles. The summed E-state index contributed by atoms with van der Waals surface area (Å²) in [5.74, 6) is -1.30. The van der Waals surface area contributed by atoms with Gasteiger partial charge < -0.3 is 20.7 Å². The first-order valence-electron chi connectivity index (χ1n) is 7.41. The van der Waals surface area contributed by atoms with E-state index >= 15 is 0 Å². The molecule has 116 valence electrons. The van der Waals surface area contributed by atoms with Crippen LogP contribution in [0.3, 0.4) is 0 Å². The lowest BCUT2D eigenvalue weighted by molar-refractivity contribution is -0.142. The topological polar surface area (TPSA) is 107 Å². The SMILES string of the molecule is O=C(NCCc1cnc[nH]1)NC1CCCCCC1C(=O)O. The normalized spacial score (nSPS) is 22.3. The number of carboxylic acids is 1. The van der Waals surface area contributed by atoms with Gasteiger partial charge in [0.05, 0.1) is 12.2 Å². The predicted molar refractivity (Wildman–Crippen MR) is 76.8 cm³/mol. The zero-order valence-corrected chi connectivity index (χ0v) is 12.0. The summed E-state index contributed by atoms with van der Waals surface area (Å²) in [6.45, 7) is 0.485. The maximum absolute atomic E-state index is 11.9.